The minimum atomic E-state index is -0.140. The Hall–Kier alpha value is -4.71. The maximum Gasteiger partial charge on any atom is 0.291 e. The van der Waals surface area contributed by atoms with Crippen LogP contribution in [0.4, 0.5) is 5.69 Å². The van der Waals surface area contributed by atoms with Crippen LogP contribution in [0.2, 0.25) is 0 Å². The van der Waals surface area contributed by atoms with Crippen LogP contribution in [0.15, 0.2) is 97.2 Å². The van der Waals surface area contributed by atoms with E-state index in [1.165, 1.54) is 16.5 Å². The maximum absolute atomic E-state index is 13.6. The summed E-state index contributed by atoms with van der Waals surface area (Å²) in [5.41, 5.74) is 5.81. The molecule has 0 atom stereocenters. The molecule has 0 unspecified atom stereocenters. The van der Waals surface area contributed by atoms with E-state index in [1.807, 2.05) is 41.3 Å². The van der Waals surface area contributed by atoms with Gasteiger partial charge in [-0.1, -0.05) is 72.3 Å². The number of hydrogen-bond acceptors (Lipinski definition) is 5. The Balaban J connectivity index is 1.26. The number of anilines is 1. The van der Waals surface area contributed by atoms with Crippen molar-refractivity contribution in [2.24, 2.45) is 0 Å². The normalized spacial score (nSPS) is 13.5. The topological polar surface area (TPSA) is 58.6 Å². The fraction of sp³-hybridized carbons (Fsp3) is 0.182. The lowest BCUT2D eigenvalue weighted by molar-refractivity contribution is 0.0734. The Morgan fingerprint density at radius 3 is 2.33 bits per heavy atom. The molecule has 0 saturated carbocycles. The molecule has 6 heteroatoms. The van der Waals surface area contributed by atoms with E-state index in [1.54, 1.807) is 13.3 Å². The van der Waals surface area contributed by atoms with E-state index in [0.717, 1.165) is 46.8 Å². The standard InChI is InChI=1S/C33H30N4O2/c1-23-10-12-25(13-11-23)31-30(27-8-5-9-29(21-27)39-2)22-34-32(35-31)33(38)37-18-16-36(17-19-37)28-15-14-24-6-3-4-7-26(24)20-28/h3-15,20-22H,16-19H2,1-2H3. The summed E-state index contributed by atoms with van der Waals surface area (Å²) in [6.07, 6.45) is 1.76. The molecule has 4 aromatic carbocycles. The second-order valence-electron chi connectivity index (χ2n) is 9.86. The average Bonchev–Trinajstić information content (AvgIpc) is 3.00. The third kappa shape index (κ3) is 5.06. The molecule has 0 N–H and O–H groups in total. The number of aromatic nitrogens is 2. The zero-order valence-electron chi connectivity index (χ0n) is 22.2. The Bertz CT molecular complexity index is 1640. The molecular formula is C33H30N4O2. The van der Waals surface area contributed by atoms with Gasteiger partial charge in [0.15, 0.2) is 0 Å². The Kier molecular flexibility index (Phi) is 6.68. The number of carbonyl (C=O) groups is 1. The monoisotopic (exact) mass is 514 g/mol. The van der Waals surface area contributed by atoms with Gasteiger partial charge in [-0.3, -0.25) is 4.79 Å². The summed E-state index contributed by atoms with van der Waals surface area (Å²) in [5.74, 6) is 0.835. The summed E-state index contributed by atoms with van der Waals surface area (Å²) in [4.78, 5) is 27.1. The number of ether oxygens (including phenoxy) is 1. The molecule has 2 heterocycles. The number of methoxy groups -OCH3 is 1. The van der Waals surface area contributed by atoms with Crippen LogP contribution in [0, 0.1) is 6.92 Å². The van der Waals surface area contributed by atoms with Crippen LogP contribution < -0.4 is 9.64 Å². The maximum atomic E-state index is 13.6. The van der Waals surface area contributed by atoms with Crippen LogP contribution in [0.25, 0.3) is 33.2 Å². The summed E-state index contributed by atoms with van der Waals surface area (Å²) < 4.78 is 5.44. The lowest BCUT2D eigenvalue weighted by Crippen LogP contribution is -2.49. The molecule has 5 aromatic rings. The van der Waals surface area contributed by atoms with Gasteiger partial charge in [0.2, 0.25) is 5.82 Å². The van der Waals surface area contributed by atoms with Gasteiger partial charge >= 0.3 is 0 Å². The van der Waals surface area contributed by atoms with Crippen molar-refractivity contribution in [3.63, 3.8) is 0 Å². The van der Waals surface area contributed by atoms with E-state index >= 15 is 0 Å². The van der Waals surface area contributed by atoms with Gasteiger partial charge in [-0.15, -0.1) is 0 Å². The van der Waals surface area contributed by atoms with Crippen LogP contribution in [0.3, 0.4) is 0 Å². The number of carbonyl (C=O) groups excluding carboxylic acids is 1. The SMILES string of the molecule is COc1cccc(-c2cnc(C(=O)N3CCN(c4ccc5ccccc5c4)CC3)nc2-c2ccc(C)cc2)c1. The minimum absolute atomic E-state index is 0.140. The molecule has 1 aliphatic rings. The Morgan fingerprint density at radius 1 is 0.795 bits per heavy atom. The Morgan fingerprint density at radius 2 is 1.56 bits per heavy atom. The third-order valence-electron chi connectivity index (χ3n) is 7.35. The molecule has 39 heavy (non-hydrogen) atoms. The van der Waals surface area contributed by atoms with E-state index in [9.17, 15) is 4.79 Å². The summed E-state index contributed by atoms with van der Waals surface area (Å²) in [6.45, 7) is 4.81. The number of benzene rings is 4. The lowest BCUT2D eigenvalue weighted by atomic mass is 10.00. The van der Waals surface area contributed by atoms with Gasteiger partial charge in [0, 0.05) is 49.2 Å². The van der Waals surface area contributed by atoms with Crippen LogP contribution in [0.5, 0.6) is 5.75 Å². The highest BCUT2D eigenvalue weighted by molar-refractivity contribution is 5.93. The molecule has 1 amide bonds. The first-order valence-electron chi connectivity index (χ1n) is 13.2. The van der Waals surface area contributed by atoms with Crippen LogP contribution in [-0.4, -0.2) is 54.1 Å². The van der Waals surface area contributed by atoms with Gasteiger partial charge < -0.3 is 14.5 Å². The fourth-order valence-corrected chi connectivity index (χ4v) is 5.10. The fourth-order valence-electron chi connectivity index (χ4n) is 5.10. The van der Waals surface area contributed by atoms with Crippen molar-refractivity contribution in [1.82, 2.24) is 14.9 Å². The summed E-state index contributed by atoms with van der Waals surface area (Å²) in [7, 11) is 1.65. The van der Waals surface area contributed by atoms with E-state index in [4.69, 9.17) is 9.72 Å². The third-order valence-corrected chi connectivity index (χ3v) is 7.35. The molecule has 1 aromatic heterocycles. The summed E-state index contributed by atoms with van der Waals surface area (Å²) >= 11 is 0. The second kappa shape index (κ2) is 10.6. The summed E-state index contributed by atoms with van der Waals surface area (Å²) in [6, 6.07) is 30.9. The van der Waals surface area contributed by atoms with Crippen molar-refractivity contribution < 1.29 is 9.53 Å². The smallest absolute Gasteiger partial charge is 0.291 e. The van der Waals surface area contributed by atoms with Crippen molar-refractivity contribution in [1.29, 1.82) is 0 Å². The number of hydrogen-bond donors (Lipinski definition) is 0. The molecule has 0 radical (unpaired) electrons. The van der Waals surface area contributed by atoms with Crippen LogP contribution >= 0.6 is 0 Å². The average molecular weight is 515 g/mol. The van der Waals surface area contributed by atoms with Crippen LogP contribution in [-0.2, 0) is 0 Å². The second-order valence-corrected chi connectivity index (χ2v) is 9.86. The largest absolute Gasteiger partial charge is 0.497 e. The first kappa shape index (κ1) is 24.6. The first-order chi connectivity index (χ1) is 19.1. The van der Waals surface area contributed by atoms with Gasteiger partial charge in [0.1, 0.15) is 5.75 Å². The van der Waals surface area contributed by atoms with E-state index in [0.29, 0.717) is 13.1 Å². The molecule has 6 rings (SSSR count). The highest BCUT2D eigenvalue weighted by atomic mass is 16.5. The van der Waals surface area contributed by atoms with Gasteiger partial charge in [-0.25, -0.2) is 9.97 Å². The summed E-state index contributed by atoms with van der Waals surface area (Å²) in [5, 5.41) is 2.45. The van der Waals surface area contributed by atoms with Crippen molar-refractivity contribution >= 4 is 22.4 Å². The van der Waals surface area contributed by atoms with Gasteiger partial charge in [-0.2, -0.15) is 0 Å². The molecule has 1 saturated heterocycles. The highest BCUT2D eigenvalue weighted by Gasteiger charge is 2.25. The predicted molar refractivity (Wildman–Crippen MR) is 156 cm³/mol. The van der Waals surface area contributed by atoms with Crippen molar-refractivity contribution in [3.8, 4) is 28.1 Å². The number of aryl methyl sites for hydroxylation is 1. The van der Waals surface area contributed by atoms with E-state index in [-0.39, 0.29) is 11.7 Å². The minimum Gasteiger partial charge on any atom is -0.497 e. The molecular weight excluding hydrogens is 484 g/mol. The molecule has 0 bridgehead atoms. The molecule has 1 fully saturated rings. The predicted octanol–water partition coefficient (Wildman–Crippen LogP) is 6.24. The zero-order chi connectivity index (χ0) is 26.8. The van der Waals surface area contributed by atoms with Gasteiger partial charge in [-0.05, 0) is 47.5 Å². The van der Waals surface area contributed by atoms with Crippen molar-refractivity contribution in [2.75, 3.05) is 38.2 Å². The zero-order valence-corrected chi connectivity index (χ0v) is 22.2. The number of nitrogens with zero attached hydrogens (tertiary/aromatic N) is 4. The molecule has 0 aliphatic carbocycles. The molecule has 1 aliphatic heterocycles. The first-order valence-corrected chi connectivity index (χ1v) is 13.2. The van der Waals surface area contributed by atoms with E-state index < -0.39 is 0 Å². The van der Waals surface area contributed by atoms with Gasteiger partial charge in [0.05, 0.1) is 12.8 Å². The van der Waals surface area contributed by atoms with Crippen molar-refractivity contribution in [2.45, 2.75) is 6.92 Å². The number of fused-ring (bicyclic) bond motifs is 1. The van der Waals surface area contributed by atoms with Crippen LogP contribution in [0.1, 0.15) is 16.2 Å². The molecule has 0 spiro atoms. The number of piperazine rings is 1. The quantitative estimate of drug-likeness (QED) is 0.278. The number of amides is 1. The van der Waals surface area contributed by atoms with Gasteiger partial charge in [0.25, 0.3) is 5.91 Å². The molecule has 194 valence electrons. The highest BCUT2D eigenvalue weighted by Crippen LogP contribution is 2.32. The molecule has 6 nitrogen and oxygen atoms in total. The Labute approximate surface area is 228 Å². The van der Waals surface area contributed by atoms with E-state index in [2.05, 4.69) is 71.4 Å². The lowest BCUT2D eigenvalue weighted by Gasteiger charge is -2.36. The van der Waals surface area contributed by atoms with Crippen molar-refractivity contribution in [3.05, 3.63) is 109 Å². The number of rotatable bonds is 5.